The predicted octanol–water partition coefficient (Wildman–Crippen LogP) is 0.0642. The number of allylic oxidation sites excluding steroid dienone is 2. The number of hydrogen-bond donors (Lipinski definition) is 3. The van der Waals surface area contributed by atoms with Crippen LogP contribution in [0, 0.1) is 23.2 Å². The zero-order valence-corrected chi connectivity index (χ0v) is 18.3. The Morgan fingerprint density at radius 3 is 2.61 bits per heavy atom. The van der Waals surface area contributed by atoms with E-state index in [2.05, 4.69) is 11.4 Å². The number of fused-ring (bicyclic) bond motifs is 4. The molecule has 4 aliphatic rings. The number of ketones is 2. The third-order valence-electron chi connectivity index (χ3n) is 6.94. The van der Waals surface area contributed by atoms with E-state index in [9.17, 15) is 29.9 Å². The van der Waals surface area contributed by atoms with Crippen LogP contribution in [0.1, 0.15) is 20.3 Å². The molecule has 10 heteroatoms. The first-order valence-corrected chi connectivity index (χ1v) is 11.3. The van der Waals surface area contributed by atoms with E-state index in [0.717, 1.165) is 0 Å². The molecule has 31 heavy (non-hydrogen) atoms. The molecule has 4 rings (SSSR count). The Morgan fingerprint density at radius 2 is 2.06 bits per heavy atom. The summed E-state index contributed by atoms with van der Waals surface area (Å²) < 4.78 is 5.31. The molecule has 1 aliphatic carbocycles. The van der Waals surface area contributed by atoms with Crippen LogP contribution < -0.4 is 5.32 Å². The summed E-state index contributed by atoms with van der Waals surface area (Å²) in [6, 6.07) is -0.779. The van der Waals surface area contributed by atoms with E-state index >= 15 is 0 Å². The zero-order valence-electron chi connectivity index (χ0n) is 17.5. The van der Waals surface area contributed by atoms with E-state index < -0.39 is 60.4 Å². The lowest BCUT2D eigenvalue weighted by Crippen LogP contribution is -2.71. The molecule has 0 amide bonds. The lowest BCUT2D eigenvalue weighted by molar-refractivity contribution is -0.143. The topological polar surface area (TPSA) is 140 Å². The Balaban J connectivity index is 1.89. The van der Waals surface area contributed by atoms with Gasteiger partial charge in [-0.1, -0.05) is 13.8 Å². The number of hydrogen-bond acceptors (Lipinski definition) is 9. The molecular formula is C21H25N3O6S. The summed E-state index contributed by atoms with van der Waals surface area (Å²) >= 11 is 1.23. The summed E-state index contributed by atoms with van der Waals surface area (Å²) in [5, 5.41) is 33.3. The van der Waals surface area contributed by atoms with Crippen LogP contribution in [0.15, 0.2) is 21.8 Å². The molecule has 0 spiro atoms. The summed E-state index contributed by atoms with van der Waals surface area (Å²) in [6.45, 7) is 3.20. The maximum Gasteiger partial charge on any atom is 0.308 e. The number of carboxylic acid groups (broad SMARTS) is 1. The Morgan fingerprint density at radius 1 is 1.35 bits per heavy atom. The molecule has 166 valence electrons. The van der Waals surface area contributed by atoms with Gasteiger partial charge in [-0.25, -0.2) is 0 Å². The maximum atomic E-state index is 13.5. The number of nitrogens with one attached hydrogen (secondary N) is 1. The molecule has 0 aromatic rings. The molecule has 0 saturated carbocycles. The number of aliphatic hydroxyl groups excluding tert-OH is 1. The molecular weight excluding hydrogens is 422 g/mol. The van der Waals surface area contributed by atoms with Gasteiger partial charge in [-0.2, -0.15) is 5.26 Å². The normalized spacial score (nSPS) is 37.5. The number of nitrogens with zero attached hydrogens (tertiary/aromatic N) is 2. The Kier molecular flexibility index (Phi) is 5.72. The molecule has 0 aromatic carbocycles. The van der Waals surface area contributed by atoms with Gasteiger partial charge in [-0.3, -0.25) is 19.3 Å². The van der Waals surface area contributed by atoms with Crippen LogP contribution in [0.25, 0.3) is 0 Å². The second-order valence-corrected chi connectivity index (χ2v) is 9.53. The number of aliphatic carboxylic acids is 1. The standard InChI is InChI=1S/C21H25N3O6S/c1-4-31-20-18(27)13-8(2)16-15-9(21(28)29)5-10(23-15)11(6-22)24(16)12(7-25)14(13)17(26)19(20)30-3/h8-12,15-16,23,25H,4-5,7H2,1-3H3,(H,28,29)/t8?,9-,10+,11?,12+,15-,16+/m1/s1. The van der Waals surface area contributed by atoms with Crippen LogP contribution in [-0.4, -0.2) is 82.3 Å². The SMILES string of the molecule is CCSC1=C(OC)C(=O)C2=C(C1=O)C(C)[C@H]1[C@@H]3N[C@@H](C[C@H]3C(=O)O)C(C#N)N1[C@H]2CO. The van der Waals surface area contributed by atoms with Gasteiger partial charge in [0.1, 0.15) is 10.9 Å². The highest BCUT2D eigenvalue weighted by Gasteiger charge is 2.61. The highest BCUT2D eigenvalue weighted by molar-refractivity contribution is 8.04. The Bertz CT molecular complexity index is 953. The number of carboxylic acids is 1. The average molecular weight is 448 g/mol. The molecule has 2 bridgehead atoms. The van der Waals surface area contributed by atoms with Crippen molar-refractivity contribution < 1.29 is 29.3 Å². The number of nitriles is 1. The minimum atomic E-state index is -0.957. The number of methoxy groups -OCH3 is 1. The van der Waals surface area contributed by atoms with Gasteiger partial charge in [0.25, 0.3) is 0 Å². The molecule has 9 nitrogen and oxygen atoms in total. The van der Waals surface area contributed by atoms with Gasteiger partial charge < -0.3 is 20.3 Å². The highest BCUT2D eigenvalue weighted by atomic mass is 32.2. The maximum absolute atomic E-state index is 13.5. The zero-order chi connectivity index (χ0) is 22.6. The molecule has 2 saturated heterocycles. The van der Waals surface area contributed by atoms with Crippen molar-refractivity contribution in [2.45, 2.75) is 50.5 Å². The quantitative estimate of drug-likeness (QED) is 0.496. The fourth-order valence-electron chi connectivity index (χ4n) is 5.81. The summed E-state index contributed by atoms with van der Waals surface area (Å²) in [7, 11) is 1.34. The van der Waals surface area contributed by atoms with Crippen LogP contribution >= 0.6 is 11.8 Å². The van der Waals surface area contributed by atoms with Crippen molar-refractivity contribution in [2.75, 3.05) is 19.5 Å². The molecule has 7 atom stereocenters. The van der Waals surface area contributed by atoms with Crippen LogP contribution in [0.4, 0.5) is 0 Å². The first-order chi connectivity index (χ1) is 14.8. The van der Waals surface area contributed by atoms with Crippen molar-refractivity contribution in [3.63, 3.8) is 0 Å². The average Bonchev–Trinajstić information content (AvgIpc) is 3.12. The summed E-state index contributed by atoms with van der Waals surface area (Å²) in [5.41, 5.74) is 0.469. The molecule has 3 heterocycles. The number of piperazine rings is 1. The number of thioether (sulfide) groups is 1. The van der Waals surface area contributed by atoms with E-state index in [1.54, 1.807) is 11.8 Å². The fourth-order valence-corrected chi connectivity index (χ4v) is 6.65. The van der Waals surface area contributed by atoms with Gasteiger partial charge in [0.05, 0.1) is 31.7 Å². The van der Waals surface area contributed by atoms with Crippen molar-refractivity contribution in [1.82, 2.24) is 10.2 Å². The van der Waals surface area contributed by atoms with E-state index in [1.807, 2.05) is 6.92 Å². The molecule has 2 unspecified atom stereocenters. The molecule has 0 radical (unpaired) electrons. The molecule has 0 aromatic heterocycles. The number of rotatable bonds is 5. The number of carbonyl (C=O) groups excluding carboxylic acids is 2. The van der Waals surface area contributed by atoms with E-state index in [1.165, 1.54) is 18.9 Å². The van der Waals surface area contributed by atoms with Crippen LogP contribution in [-0.2, 0) is 19.1 Å². The van der Waals surface area contributed by atoms with Crippen molar-refractivity contribution in [3.05, 3.63) is 21.8 Å². The van der Waals surface area contributed by atoms with Gasteiger partial charge in [0, 0.05) is 35.2 Å². The highest BCUT2D eigenvalue weighted by Crippen LogP contribution is 2.48. The van der Waals surface area contributed by atoms with Crippen molar-refractivity contribution in [1.29, 1.82) is 5.26 Å². The number of ether oxygens (including phenoxy) is 1. The fraction of sp³-hybridized carbons (Fsp3) is 0.619. The monoisotopic (exact) mass is 447 g/mol. The van der Waals surface area contributed by atoms with Crippen LogP contribution in [0.3, 0.4) is 0 Å². The minimum absolute atomic E-state index is 0.0327. The summed E-state index contributed by atoms with van der Waals surface area (Å²) in [4.78, 5) is 40.9. The first-order valence-electron chi connectivity index (χ1n) is 10.3. The minimum Gasteiger partial charge on any atom is -0.491 e. The Labute approximate surface area is 184 Å². The van der Waals surface area contributed by atoms with Crippen LogP contribution in [0.2, 0.25) is 0 Å². The second-order valence-electron chi connectivity index (χ2n) is 8.26. The van der Waals surface area contributed by atoms with E-state index in [4.69, 9.17) is 4.74 Å². The van der Waals surface area contributed by atoms with Crippen molar-refractivity contribution in [3.8, 4) is 6.07 Å². The lowest BCUT2D eigenvalue weighted by Gasteiger charge is -2.54. The Hall–Kier alpha value is -2.19. The summed E-state index contributed by atoms with van der Waals surface area (Å²) in [5.74, 6) is -2.41. The lowest BCUT2D eigenvalue weighted by atomic mass is 9.71. The largest absolute Gasteiger partial charge is 0.491 e. The molecule has 3 aliphatic heterocycles. The first kappa shape index (κ1) is 22.0. The van der Waals surface area contributed by atoms with Crippen LogP contribution in [0.5, 0.6) is 0 Å². The van der Waals surface area contributed by atoms with Gasteiger partial charge in [0.15, 0.2) is 11.5 Å². The molecule has 3 N–H and O–H groups in total. The van der Waals surface area contributed by atoms with Gasteiger partial charge in [-0.15, -0.1) is 11.8 Å². The van der Waals surface area contributed by atoms with Crippen molar-refractivity contribution >= 4 is 29.3 Å². The molecule has 2 fully saturated rings. The number of Topliss-reactive ketones (excluding diaryl/α,β-unsaturated/α-hetero) is 2. The summed E-state index contributed by atoms with van der Waals surface area (Å²) in [6.07, 6.45) is 0.279. The van der Waals surface area contributed by atoms with Gasteiger partial charge >= 0.3 is 5.97 Å². The van der Waals surface area contributed by atoms with Gasteiger partial charge in [0.2, 0.25) is 5.78 Å². The van der Waals surface area contributed by atoms with Crippen molar-refractivity contribution in [2.24, 2.45) is 11.8 Å². The second kappa shape index (κ2) is 8.06. The van der Waals surface area contributed by atoms with Gasteiger partial charge in [-0.05, 0) is 12.2 Å². The third-order valence-corrected chi connectivity index (χ3v) is 7.88. The number of aliphatic hydroxyl groups is 1. The number of carbonyl (C=O) groups is 3. The van der Waals surface area contributed by atoms with E-state index in [0.29, 0.717) is 11.3 Å². The van der Waals surface area contributed by atoms with E-state index in [-0.39, 0.29) is 28.4 Å². The smallest absolute Gasteiger partial charge is 0.308 e. The third kappa shape index (κ3) is 2.98. The predicted molar refractivity (Wildman–Crippen MR) is 111 cm³/mol.